The molecule has 3 rings (SSSR count). The molecule has 0 saturated carbocycles. The molecule has 2 aromatic rings. The standard InChI is InChI=1S/C29H32O4Si/c1-29(2,3)34(24-15-7-5-8-16-24,25-17-9-6-10-18-25)33-22-12-14-23-13-11-19-26(23)27(30)20-21-28(31)32-4/h5-10,13,15-18,26-27,30H,11,19,22H2,1-4H3/t26-,27-/m0/s1. The summed E-state index contributed by atoms with van der Waals surface area (Å²) in [6, 6.07) is 20.9. The Morgan fingerprint density at radius 3 is 2.21 bits per heavy atom. The van der Waals surface area contributed by atoms with Crippen molar-refractivity contribution in [3.05, 3.63) is 72.3 Å². The average Bonchev–Trinajstić information content (AvgIpc) is 3.31. The highest BCUT2D eigenvalue weighted by Gasteiger charge is 2.50. The number of methoxy groups -OCH3 is 1. The topological polar surface area (TPSA) is 55.8 Å². The molecule has 0 radical (unpaired) electrons. The van der Waals surface area contributed by atoms with Gasteiger partial charge in [-0.1, -0.05) is 105 Å². The predicted octanol–water partition coefficient (Wildman–Crippen LogP) is 3.44. The number of hydrogen-bond donors (Lipinski definition) is 1. The first-order chi connectivity index (χ1) is 16.3. The van der Waals surface area contributed by atoms with Crippen LogP contribution in [0.3, 0.4) is 0 Å². The molecule has 0 fully saturated rings. The minimum Gasteiger partial charge on any atom is -0.459 e. The zero-order chi connectivity index (χ0) is 24.6. The molecule has 0 aromatic heterocycles. The van der Waals surface area contributed by atoms with Crippen molar-refractivity contribution in [1.82, 2.24) is 0 Å². The normalized spacial score (nSPS) is 16.4. The van der Waals surface area contributed by atoms with Crippen molar-refractivity contribution in [3.63, 3.8) is 0 Å². The van der Waals surface area contributed by atoms with Crippen LogP contribution in [-0.4, -0.2) is 39.2 Å². The maximum atomic E-state index is 11.3. The Morgan fingerprint density at radius 1 is 1.09 bits per heavy atom. The van der Waals surface area contributed by atoms with Gasteiger partial charge in [0.15, 0.2) is 0 Å². The van der Waals surface area contributed by atoms with E-state index in [1.165, 1.54) is 17.5 Å². The molecule has 0 spiro atoms. The Morgan fingerprint density at radius 2 is 1.68 bits per heavy atom. The summed E-state index contributed by atoms with van der Waals surface area (Å²) in [5, 5.41) is 12.7. The summed E-state index contributed by atoms with van der Waals surface area (Å²) >= 11 is 0. The fraction of sp³-hybridized carbons (Fsp3) is 0.345. The van der Waals surface area contributed by atoms with Crippen LogP contribution in [0.5, 0.6) is 0 Å². The molecule has 4 nitrogen and oxygen atoms in total. The van der Waals surface area contributed by atoms with Crippen LogP contribution < -0.4 is 10.4 Å². The van der Waals surface area contributed by atoms with Crippen molar-refractivity contribution in [2.75, 3.05) is 13.7 Å². The van der Waals surface area contributed by atoms with Gasteiger partial charge in [-0.25, -0.2) is 4.79 Å². The second kappa shape index (κ2) is 11.4. The molecule has 2 atom stereocenters. The third-order valence-electron chi connectivity index (χ3n) is 6.14. The van der Waals surface area contributed by atoms with E-state index in [1.54, 1.807) is 0 Å². The molecule has 0 saturated heterocycles. The molecular weight excluding hydrogens is 440 g/mol. The molecule has 1 aliphatic carbocycles. The monoisotopic (exact) mass is 472 g/mol. The van der Waals surface area contributed by atoms with Crippen molar-refractivity contribution in [2.45, 2.75) is 44.8 Å². The van der Waals surface area contributed by atoms with Crippen LogP contribution in [0.1, 0.15) is 33.6 Å². The molecule has 2 aromatic carbocycles. The maximum absolute atomic E-state index is 11.3. The molecule has 1 N–H and O–H groups in total. The van der Waals surface area contributed by atoms with E-state index in [-0.39, 0.29) is 17.6 Å². The fourth-order valence-corrected chi connectivity index (χ4v) is 8.97. The van der Waals surface area contributed by atoms with Gasteiger partial charge in [-0.2, -0.15) is 0 Å². The van der Waals surface area contributed by atoms with Gasteiger partial charge in [-0.3, -0.25) is 0 Å². The van der Waals surface area contributed by atoms with Crippen LogP contribution >= 0.6 is 0 Å². The SMILES string of the molecule is COC(=O)C#C[C@H](O)[C@H]1CCC=C1C#CCO[Si](c1ccccc1)(c1ccccc1)C(C)(C)C. The highest BCUT2D eigenvalue weighted by Crippen LogP contribution is 2.36. The molecule has 176 valence electrons. The highest BCUT2D eigenvalue weighted by molar-refractivity contribution is 6.99. The van der Waals surface area contributed by atoms with Crippen LogP contribution in [0.4, 0.5) is 0 Å². The van der Waals surface area contributed by atoms with Crippen LogP contribution in [0.15, 0.2) is 72.3 Å². The number of aliphatic hydroxyl groups excluding tert-OH is 1. The van der Waals surface area contributed by atoms with Crippen LogP contribution in [0.25, 0.3) is 0 Å². The molecule has 34 heavy (non-hydrogen) atoms. The van der Waals surface area contributed by atoms with Gasteiger partial charge in [-0.15, -0.1) is 0 Å². The Labute approximate surface area is 204 Å². The third kappa shape index (κ3) is 5.69. The molecule has 5 heteroatoms. The van der Waals surface area contributed by atoms with E-state index >= 15 is 0 Å². The van der Waals surface area contributed by atoms with Gasteiger partial charge in [-0.05, 0) is 28.3 Å². The smallest absolute Gasteiger partial charge is 0.384 e. The predicted molar refractivity (Wildman–Crippen MR) is 138 cm³/mol. The lowest BCUT2D eigenvalue weighted by Crippen LogP contribution is -2.66. The average molecular weight is 473 g/mol. The van der Waals surface area contributed by atoms with Crippen LogP contribution in [0.2, 0.25) is 5.04 Å². The summed E-state index contributed by atoms with van der Waals surface area (Å²) < 4.78 is 11.3. The first kappa shape index (κ1) is 25.5. The molecular formula is C29H32O4Si. The largest absolute Gasteiger partial charge is 0.459 e. The molecule has 1 aliphatic rings. The Balaban J connectivity index is 1.85. The fourth-order valence-electron chi connectivity index (χ4n) is 4.53. The summed E-state index contributed by atoms with van der Waals surface area (Å²) in [5.41, 5.74) is 0.845. The molecule has 0 amide bonds. The van der Waals surface area contributed by atoms with E-state index in [0.29, 0.717) is 0 Å². The lowest BCUT2D eigenvalue weighted by molar-refractivity contribution is -0.133. The summed E-state index contributed by atoms with van der Waals surface area (Å²) in [6.45, 7) is 6.98. The second-order valence-corrected chi connectivity index (χ2v) is 13.6. The van der Waals surface area contributed by atoms with Gasteiger partial charge in [0.25, 0.3) is 8.32 Å². The Kier molecular flexibility index (Phi) is 8.53. The molecule has 0 unspecified atom stereocenters. The van der Waals surface area contributed by atoms with Crippen molar-refractivity contribution >= 4 is 24.7 Å². The summed E-state index contributed by atoms with van der Waals surface area (Å²) in [4.78, 5) is 11.3. The number of carbonyl (C=O) groups excluding carboxylic acids is 1. The first-order valence-electron chi connectivity index (χ1n) is 11.5. The number of ether oxygens (including phenoxy) is 1. The molecule has 0 bridgehead atoms. The summed E-state index contributed by atoms with van der Waals surface area (Å²) in [5.74, 6) is 10.4. The maximum Gasteiger partial charge on any atom is 0.384 e. The number of hydrogen-bond acceptors (Lipinski definition) is 4. The van der Waals surface area contributed by atoms with Gasteiger partial charge in [0, 0.05) is 17.4 Å². The minimum absolute atomic E-state index is 0.119. The van der Waals surface area contributed by atoms with E-state index in [2.05, 4.69) is 97.7 Å². The van der Waals surface area contributed by atoms with Crippen molar-refractivity contribution < 1.29 is 19.1 Å². The quantitative estimate of drug-likeness (QED) is 0.314. The third-order valence-corrected chi connectivity index (χ3v) is 11.1. The van der Waals surface area contributed by atoms with Gasteiger partial charge in [0.1, 0.15) is 6.10 Å². The van der Waals surface area contributed by atoms with E-state index in [1.807, 2.05) is 18.2 Å². The zero-order valence-electron chi connectivity index (χ0n) is 20.3. The van der Waals surface area contributed by atoms with E-state index < -0.39 is 20.4 Å². The van der Waals surface area contributed by atoms with E-state index in [0.717, 1.165) is 18.4 Å². The number of rotatable bonds is 5. The number of aliphatic hydroxyl groups is 1. The number of carbonyl (C=O) groups is 1. The van der Waals surface area contributed by atoms with Crippen molar-refractivity contribution in [2.24, 2.45) is 5.92 Å². The zero-order valence-corrected chi connectivity index (χ0v) is 21.3. The van der Waals surface area contributed by atoms with Crippen molar-refractivity contribution in [1.29, 1.82) is 0 Å². The first-order valence-corrected chi connectivity index (χ1v) is 13.4. The van der Waals surface area contributed by atoms with Crippen LogP contribution in [0, 0.1) is 29.6 Å². The van der Waals surface area contributed by atoms with Crippen molar-refractivity contribution in [3.8, 4) is 23.7 Å². The van der Waals surface area contributed by atoms with Gasteiger partial charge in [0.2, 0.25) is 0 Å². The van der Waals surface area contributed by atoms with Gasteiger partial charge >= 0.3 is 5.97 Å². The summed E-state index contributed by atoms with van der Waals surface area (Å²) in [7, 11) is -1.37. The van der Waals surface area contributed by atoms with Gasteiger partial charge < -0.3 is 14.3 Å². The lowest BCUT2D eigenvalue weighted by Gasteiger charge is -2.42. The number of benzene rings is 2. The van der Waals surface area contributed by atoms with E-state index in [4.69, 9.17) is 4.43 Å². The Bertz CT molecular complexity index is 1090. The Hall–Kier alpha value is -3.09. The highest BCUT2D eigenvalue weighted by atomic mass is 28.4. The number of esters is 1. The molecule has 0 heterocycles. The van der Waals surface area contributed by atoms with Gasteiger partial charge in [0.05, 0.1) is 13.7 Å². The van der Waals surface area contributed by atoms with E-state index in [9.17, 15) is 9.90 Å². The molecule has 0 aliphatic heterocycles. The minimum atomic E-state index is -2.64. The number of allylic oxidation sites excluding steroid dienone is 1. The summed E-state index contributed by atoms with van der Waals surface area (Å²) in [6.07, 6.45) is 2.64. The lowest BCUT2D eigenvalue weighted by atomic mass is 9.95. The van der Waals surface area contributed by atoms with Crippen LogP contribution in [-0.2, 0) is 14.0 Å². The second-order valence-electron chi connectivity index (χ2n) is 9.30.